The van der Waals surface area contributed by atoms with E-state index in [4.69, 9.17) is 9.47 Å². The Kier molecular flexibility index (Phi) is 6.13. The van der Waals surface area contributed by atoms with Crippen molar-refractivity contribution in [2.75, 3.05) is 37.5 Å². The first kappa shape index (κ1) is 20.2. The SMILES string of the molecule is COc1ccc(OC)c(NC(=O)C2CCCN(c3ccc(-c4cccs4)nn3)C2)c1. The zero-order chi connectivity index (χ0) is 20.9. The number of aromatic nitrogens is 2. The molecular formula is C22H24N4O3S. The molecule has 1 aliphatic rings. The van der Waals surface area contributed by atoms with Crippen LogP contribution in [-0.4, -0.2) is 43.4 Å². The molecule has 1 fully saturated rings. The van der Waals surface area contributed by atoms with Gasteiger partial charge in [-0.25, -0.2) is 0 Å². The van der Waals surface area contributed by atoms with E-state index in [1.54, 1.807) is 43.8 Å². The van der Waals surface area contributed by atoms with Gasteiger partial charge in [0.2, 0.25) is 5.91 Å². The number of thiophene rings is 1. The highest BCUT2D eigenvalue weighted by atomic mass is 32.1. The van der Waals surface area contributed by atoms with E-state index in [2.05, 4.69) is 20.4 Å². The van der Waals surface area contributed by atoms with Gasteiger partial charge >= 0.3 is 0 Å². The van der Waals surface area contributed by atoms with Crippen molar-refractivity contribution < 1.29 is 14.3 Å². The summed E-state index contributed by atoms with van der Waals surface area (Å²) in [7, 11) is 3.18. The van der Waals surface area contributed by atoms with Gasteiger partial charge < -0.3 is 19.7 Å². The lowest BCUT2D eigenvalue weighted by Gasteiger charge is -2.32. The molecule has 2 aromatic heterocycles. The minimum atomic E-state index is -0.145. The molecule has 156 valence electrons. The number of amides is 1. The van der Waals surface area contributed by atoms with Crippen LogP contribution >= 0.6 is 11.3 Å². The number of methoxy groups -OCH3 is 2. The average molecular weight is 425 g/mol. The molecule has 8 heteroatoms. The fraction of sp³-hybridized carbons (Fsp3) is 0.318. The van der Waals surface area contributed by atoms with Crippen molar-refractivity contribution >= 4 is 28.7 Å². The van der Waals surface area contributed by atoms with Gasteiger partial charge in [0.25, 0.3) is 0 Å². The number of ether oxygens (including phenoxy) is 2. The molecule has 0 spiro atoms. The Balaban J connectivity index is 1.44. The number of nitrogens with one attached hydrogen (secondary N) is 1. The van der Waals surface area contributed by atoms with Crippen molar-refractivity contribution in [3.63, 3.8) is 0 Å². The monoisotopic (exact) mass is 424 g/mol. The normalized spacial score (nSPS) is 16.2. The van der Waals surface area contributed by atoms with Crippen molar-refractivity contribution in [3.8, 4) is 22.1 Å². The minimum absolute atomic E-state index is 0.0329. The van der Waals surface area contributed by atoms with Crippen LogP contribution in [0.3, 0.4) is 0 Å². The lowest BCUT2D eigenvalue weighted by Crippen LogP contribution is -2.41. The van der Waals surface area contributed by atoms with Crippen LogP contribution in [-0.2, 0) is 4.79 Å². The van der Waals surface area contributed by atoms with Crippen LogP contribution in [0.15, 0.2) is 47.8 Å². The lowest BCUT2D eigenvalue weighted by atomic mass is 9.97. The molecule has 1 amide bonds. The molecule has 3 aromatic rings. The number of benzene rings is 1. The van der Waals surface area contributed by atoms with Crippen LogP contribution in [0, 0.1) is 5.92 Å². The Morgan fingerprint density at radius 1 is 1.17 bits per heavy atom. The zero-order valence-corrected chi connectivity index (χ0v) is 17.8. The third-order valence-corrected chi connectivity index (χ3v) is 6.10. The predicted molar refractivity (Wildman–Crippen MR) is 118 cm³/mol. The molecule has 1 atom stereocenters. The molecule has 4 rings (SSSR count). The van der Waals surface area contributed by atoms with Gasteiger partial charge in [0.15, 0.2) is 5.82 Å². The molecule has 30 heavy (non-hydrogen) atoms. The fourth-order valence-electron chi connectivity index (χ4n) is 3.60. The maximum absolute atomic E-state index is 13.0. The van der Waals surface area contributed by atoms with Gasteiger partial charge in [-0.05, 0) is 48.6 Å². The molecule has 0 saturated carbocycles. The second kappa shape index (κ2) is 9.13. The number of piperidine rings is 1. The van der Waals surface area contributed by atoms with Crippen molar-refractivity contribution in [1.82, 2.24) is 10.2 Å². The fourth-order valence-corrected chi connectivity index (χ4v) is 4.29. The van der Waals surface area contributed by atoms with Crippen LogP contribution in [0.1, 0.15) is 12.8 Å². The number of anilines is 2. The second-order valence-corrected chi connectivity index (χ2v) is 8.04. The lowest BCUT2D eigenvalue weighted by molar-refractivity contribution is -0.120. The van der Waals surface area contributed by atoms with E-state index in [-0.39, 0.29) is 11.8 Å². The van der Waals surface area contributed by atoms with Crippen molar-refractivity contribution in [2.45, 2.75) is 12.8 Å². The summed E-state index contributed by atoms with van der Waals surface area (Å²) in [6, 6.07) is 13.4. The van der Waals surface area contributed by atoms with Crippen LogP contribution in [0.2, 0.25) is 0 Å². The summed E-state index contributed by atoms with van der Waals surface area (Å²) < 4.78 is 10.6. The van der Waals surface area contributed by atoms with Crippen LogP contribution < -0.4 is 19.7 Å². The smallest absolute Gasteiger partial charge is 0.229 e. The van der Waals surface area contributed by atoms with Crippen LogP contribution in [0.4, 0.5) is 11.5 Å². The number of carbonyl (C=O) groups excluding carboxylic acids is 1. The number of nitrogens with zero attached hydrogens (tertiary/aromatic N) is 3. The Morgan fingerprint density at radius 3 is 2.77 bits per heavy atom. The molecule has 7 nitrogen and oxygen atoms in total. The molecule has 0 aliphatic carbocycles. The quantitative estimate of drug-likeness (QED) is 0.643. The van der Waals surface area contributed by atoms with Gasteiger partial charge in [0.1, 0.15) is 17.2 Å². The Morgan fingerprint density at radius 2 is 2.07 bits per heavy atom. The van der Waals surface area contributed by atoms with Crippen molar-refractivity contribution in [1.29, 1.82) is 0 Å². The van der Waals surface area contributed by atoms with Crippen LogP contribution in [0.5, 0.6) is 11.5 Å². The van der Waals surface area contributed by atoms with Gasteiger partial charge in [-0.1, -0.05) is 6.07 Å². The molecular weight excluding hydrogens is 400 g/mol. The molecule has 0 bridgehead atoms. The maximum atomic E-state index is 13.0. The van der Waals surface area contributed by atoms with Crippen molar-refractivity contribution in [3.05, 3.63) is 47.8 Å². The van der Waals surface area contributed by atoms with Gasteiger partial charge in [-0.15, -0.1) is 21.5 Å². The van der Waals surface area contributed by atoms with E-state index in [1.165, 1.54) is 0 Å². The molecule has 1 unspecified atom stereocenters. The average Bonchev–Trinajstić information content (AvgIpc) is 3.34. The summed E-state index contributed by atoms with van der Waals surface area (Å²) in [5.74, 6) is 1.89. The Labute approximate surface area is 179 Å². The predicted octanol–water partition coefficient (Wildman–Crippen LogP) is 4.08. The molecule has 1 aliphatic heterocycles. The third-order valence-electron chi connectivity index (χ3n) is 5.20. The summed E-state index contributed by atoms with van der Waals surface area (Å²) in [5.41, 5.74) is 1.48. The topological polar surface area (TPSA) is 76.6 Å². The first-order valence-electron chi connectivity index (χ1n) is 9.83. The van der Waals surface area contributed by atoms with Gasteiger partial charge in [-0.2, -0.15) is 0 Å². The molecule has 3 heterocycles. The largest absolute Gasteiger partial charge is 0.497 e. The van der Waals surface area contributed by atoms with E-state index in [9.17, 15) is 4.79 Å². The first-order valence-corrected chi connectivity index (χ1v) is 10.7. The molecule has 1 saturated heterocycles. The van der Waals surface area contributed by atoms with E-state index < -0.39 is 0 Å². The maximum Gasteiger partial charge on any atom is 0.229 e. The van der Waals surface area contributed by atoms with Crippen molar-refractivity contribution in [2.24, 2.45) is 5.92 Å². The zero-order valence-electron chi connectivity index (χ0n) is 17.0. The number of hydrogen-bond acceptors (Lipinski definition) is 7. The summed E-state index contributed by atoms with van der Waals surface area (Å²) >= 11 is 1.64. The molecule has 1 N–H and O–H groups in total. The van der Waals surface area contributed by atoms with Gasteiger partial charge in [0, 0.05) is 19.2 Å². The van der Waals surface area contributed by atoms with E-state index in [1.807, 2.05) is 29.6 Å². The minimum Gasteiger partial charge on any atom is -0.497 e. The summed E-state index contributed by atoms with van der Waals surface area (Å²) in [6.07, 6.45) is 1.75. The van der Waals surface area contributed by atoms with E-state index >= 15 is 0 Å². The molecule has 1 aromatic carbocycles. The highest BCUT2D eigenvalue weighted by molar-refractivity contribution is 7.13. The third kappa shape index (κ3) is 4.38. The molecule has 0 radical (unpaired) electrons. The second-order valence-electron chi connectivity index (χ2n) is 7.09. The highest BCUT2D eigenvalue weighted by Gasteiger charge is 2.27. The van der Waals surface area contributed by atoms with E-state index in [0.29, 0.717) is 23.7 Å². The summed E-state index contributed by atoms with van der Waals surface area (Å²) in [4.78, 5) is 16.2. The Hall–Kier alpha value is -3.13. The highest BCUT2D eigenvalue weighted by Crippen LogP contribution is 2.31. The Bertz CT molecular complexity index is 992. The number of rotatable bonds is 6. The number of hydrogen-bond donors (Lipinski definition) is 1. The number of carbonyl (C=O) groups is 1. The van der Waals surface area contributed by atoms with E-state index in [0.717, 1.165) is 35.8 Å². The van der Waals surface area contributed by atoms with Crippen LogP contribution in [0.25, 0.3) is 10.6 Å². The summed E-state index contributed by atoms with van der Waals surface area (Å²) in [6.45, 7) is 1.46. The van der Waals surface area contributed by atoms with Gasteiger partial charge in [0.05, 0.1) is 30.7 Å². The first-order chi connectivity index (χ1) is 14.7. The van der Waals surface area contributed by atoms with Gasteiger partial charge in [-0.3, -0.25) is 4.79 Å². The standard InChI is InChI=1S/C22H24N4O3S/c1-28-16-7-9-19(29-2)18(13-16)23-22(27)15-5-3-11-26(14-15)21-10-8-17(24-25-21)20-6-4-12-30-20/h4,6-10,12-13,15H,3,5,11,14H2,1-2H3,(H,23,27). The summed E-state index contributed by atoms with van der Waals surface area (Å²) in [5, 5.41) is 13.8.